The van der Waals surface area contributed by atoms with Crippen molar-refractivity contribution in [2.24, 2.45) is 16.8 Å². The lowest BCUT2D eigenvalue weighted by Crippen LogP contribution is -2.52. The summed E-state index contributed by atoms with van der Waals surface area (Å²) in [5.74, 6) is 2.11. The number of halogens is 2. The van der Waals surface area contributed by atoms with Gasteiger partial charge >= 0.3 is 6.03 Å². The van der Waals surface area contributed by atoms with Crippen LogP contribution in [0.3, 0.4) is 0 Å². The molecule has 2 aliphatic rings. The van der Waals surface area contributed by atoms with Gasteiger partial charge in [0.25, 0.3) is 0 Å². The number of nitrogens with zero attached hydrogens (tertiary/aromatic N) is 3. The van der Waals surface area contributed by atoms with Gasteiger partial charge in [-0.05, 0) is 80.1 Å². The number of carbonyl (C=O) groups excluding carboxylic acids is 2. The molecule has 0 saturated carbocycles. The van der Waals surface area contributed by atoms with Crippen molar-refractivity contribution in [3.8, 4) is 11.5 Å². The highest BCUT2D eigenvalue weighted by molar-refractivity contribution is 6.30. The number of carbonyl (C=O) groups is 2. The SMILES string of the molecule is COc1ccc(C2=NC(c3ccc(Cl)cc3)C(c3ccc(Cl)cc3)N2C(=O)N2CCC(CC(C)C)C(=O)C2)c(OC(C)C)c1. The van der Waals surface area contributed by atoms with Crippen LogP contribution in [-0.2, 0) is 4.79 Å². The summed E-state index contributed by atoms with van der Waals surface area (Å²) < 4.78 is 11.8. The molecule has 0 radical (unpaired) electrons. The molecule has 44 heavy (non-hydrogen) atoms. The first kappa shape index (κ1) is 31.9. The molecule has 3 aromatic rings. The van der Waals surface area contributed by atoms with Crippen molar-refractivity contribution >= 4 is 40.9 Å². The van der Waals surface area contributed by atoms with Crippen LogP contribution in [0.25, 0.3) is 0 Å². The van der Waals surface area contributed by atoms with E-state index in [2.05, 4.69) is 13.8 Å². The molecule has 2 amide bonds. The van der Waals surface area contributed by atoms with E-state index in [1.165, 1.54) is 0 Å². The predicted molar refractivity (Wildman–Crippen MR) is 175 cm³/mol. The van der Waals surface area contributed by atoms with Crippen molar-refractivity contribution in [2.75, 3.05) is 20.2 Å². The summed E-state index contributed by atoms with van der Waals surface area (Å²) in [4.78, 5) is 36.6. The molecule has 0 N–H and O–H groups in total. The van der Waals surface area contributed by atoms with Gasteiger partial charge in [-0.15, -0.1) is 0 Å². The number of amidine groups is 1. The molecule has 9 heteroatoms. The van der Waals surface area contributed by atoms with Gasteiger partial charge < -0.3 is 14.4 Å². The van der Waals surface area contributed by atoms with Gasteiger partial charge in [0.2, 0.25) is 0 Å². The third-order valence-electron chi connectivity index (χ3n) is 8.06. The predicted octanol–water partition coefficient (Wildman–Crippen LogP) is 8.39. The zero-order valence-corrected chi connectivity index (χ0v) is 27.3. The van der Waals surface area contributed by atoms with E-state index < -0.39 is 12.1 Å². The van der Waals surface area contributed by atoms with Crippen LogP contribution in [0.4, 0.5) is 4.79 Å². The Morgan fingerprint density at radius 2 is 1.59 bits per heavy atom. The maximum absolute atomic E-state index is 14.7. The molecular formula is C35H39Cl2N3O4. The van der Waals surface area contributed by atoms with E-state index in [4.69, 9.17) is 37.7 Å². The first-order valence-corrected chi connectivity index (χ1v) is 15.9. The number of piperidine rings is 1. The van der Waals surface area contributed by atoms with Crippen molar-refractivity contribution in [2.45, 2.75) is 58.7 Å². The summed E-state index contributed by atoms with van der Waals surface area (Å²) in [6.07, 6.45) is 1.33. The summed E-state index contributed by atoms with van der Waals surface area (Å²) in [5.41, 5.74) is 2.42. The van der Waals surface area contributed by atoms with E-state index in [-0.39, 0.29) is 30.4 Å². The lowest BCUT2D eigenvalue weighted by atomic mass is 9.87. The zero-order chi connectivity index (χ0) is 31.5. The lowest BCUT2D eigenvalue weighted by molar-refractivity contribution is -0.126. The Labute approximate surface area is 269 Å². The normalized spacial score (nSPS) is 20.3. The highest BCUT2D eigenvalue weighted by Crippen LogP contribution is 2.46. The van der Waals surface area contributed by atoms with Crippen molar-refractivity contribution < 1.29 is 19.1 Å². The monoisotopic (exact) mass is 635 g/mol. The highest BCUT2D eigenvalue weighted by Gasteiger charge is 2.45. The summed E-state index contributed by atoms with van der Waals surface area (Å²) in [7, 11) is 1.60. The number of Topliss-reactive ketones (excluding diaryl/α,β-unsaturated/α-hetero) is 1. The quantitative estimate of drug-likeness (QED) is 0.249. The second-order valence-electron chi connectivity index (χ2n) is 12.1. The highest BCUT2D eigenvalue weighted by atomic mass is 35.5. The van der Waals surface area contributed by atoms with Crippen LogP contribution < -0.4 is 9.47 Å². The molecule has 5 rings (SSSR count). The molecule has 3 unspecified atom stereocenters. The minimum Gasteiger partial charge on any atom is -0.497 e. The number of amides is 2. The fourth-order valence-electron chi connectivity index (χ4n) is 6.02. The van der Waals surface area contributed by atoms with Crippen molar-refractivity contribution in [3.63, 3.8) is 0 Å². The fraction of sp³-hybridized carbons (Fsp3) is 0.400. The van der Waals surface area contributed by atoms with Crippen LogP contribution in [0, 0.1) is 11.8 Å². The number of ketones is 1. The van der Waals surface area contributed by atoms with Crippen LogP contribution >= 0.6 is 23.2 Å². The number of likely N-dealkylation sites (tertiary alicyclic amines) is 1. The third-order valence-corrected chi connectivity index (χ3v) is 8.57. The van der Waals surface area contributed by atoms with Crippen molar-refractivity contribution in [3.05, 3.63) is 93.5 Å². The van der Waals surface area contributed by atoms with E-state index >= 15 is 0 Å². The van der Waals surface area contributed by atoms with Gasteiger partial charge in [-0.2, -0.15) is 0 Å². The smallest absolute Gasteiger partial charge is 0.326 e. The number of hydrogen-bond acceptors (Lipinski definition) is 5. The molecule has 0 spiro atoms. The van der Waals surface area contributed by atoms with E-state index in [0.29, 0.717) is 51.8 Å². The second kappa shape index (κ2) is 13.6. The minimum atomic E-state index is -0.520. The summed E-state index contributed by atoms with van der Waals surface area (Å²) in [6.45, 7) is 8.69. The van der Waals surface area contributed by atoms with Gasteiger partial charge in [0.1, 0.15) is 23.4 Å². The Hall–Kier alpha value is -3.55. The summed E-state index contributed by atoms with van der Waals surface area (Å²) >= 11 is 12.6. The summed E-state index contributed by atoms with van der Waals surface area (Å²) in [5, 5.41) is 1.20. The maximum atomic E-state index is 14.7. The van der Waals surface area contributed by atoms with Crippen molar-refractivity contribution in [1.29, 1.82) is 0 Å². The topological polar surface area (TPSA) is 71.4 Å². The molecule has 0 bridgehead atoms. The molecule has 3 atom stereocenters. The Morgan fingerprint density at radius 3 is 2.16 bits per heavy atom. The number of rotatable bonds is 8. The zero-order valence-electron chi connectivity index (χ0n) is 25.8. The molecule has 0 aromatic heterocycles. The van der Waals surface area contributed by atoms with Crippen LogP contribution in [-0.4, -0.2) is 53.8 Å². The standard InChI is InChI=1S/C35H39Cl2N3O4/c1-21(2)18-25-16-17-39(20-30(25)41)35(42)40-33(24-8-12-27(37)13-9-24)32(23-6-10-26(36)11-7-23)38-34(40)29-15-14-28(43-5)19-31(29)44-22(3)4/h6-15,19,21-22,25,32-33H,16-18,20H2,1-5H3. The van der Waals surface area contributed by atoms with Gasteiger partial charge in [0.15, 0.2) is 5.78 Å². The molecular weight excluding hydrogens is 597 g/mol. The van der Waals surface area contributed by atoms with Gasteiger partial charge in [0, 0.05) is 28.6 Å². The van der Waals surface area contributed by atoms with Gasteiger partial charge in [-0.3, -0.25) is 14.7 Å². The van der Waals surface area contributed by atoms with Gasteiger partial charge in [-0.1, -0.05) is 61.3 Å². The summed E-state index contributed by atoms with van der Waals surface area (Å²) in [6, 6.07) is 19.3. The Morgan fingerprint density at radius 1 is 0.955 bits per heavy atom. The van der Waals surface area contributed by atoms with Crippen molar-refractivity contribution in [1.82, 2.24) is 9.80 Å². The Balaban J connectivity index is 1.65. The maximum Gasteiger partial charge on any atom is 0.326 e. The molecule has 0 aliphatic carbocycles. The van der Waals surface area contributed by atoms with E-state index in [9.17, 15) is 9.59 Å². The Bertz CT molecular complexity index is 1520. The average Bonchev–Trinajstić information content (AvgIpc) is 3.38. The van der Waals surface area contributed by atoms with Crippen LogP contribution in [0.5, 0.6) is 11.5 Å². The molecule has 1 fully saturated rings. The van der Waals surface area contributed by atoms with Gasteiger partial charge in [-0.25, -0.2) is 4.79 Å². The first-order chi connectivity index (χ1) is 21.0. The van der Waals surface area contributed by atoms with E-state index in [1.54, 1.807) is 16.9 Å². The molecule has 232 valence electrons. The fourth-order valence-corrected chi connectivity index (χ4v) is 6.28. The van der Waals surface area contributed by atoms with E-state index in [1.807, 2.05) is 80.6 Å². The number of aliphatic imine (C=N–C) groups is 1. The van der Waals surface area contributed by atoms with E-state index in [0.717, 1.165) is 17.5 Å². The molecule has 2 aliphatic heterocycles. The first-order valence-electron chi connectivity index (χ1n) is 15.1. The van der Waals surface area contributed by atoms with Crippen LogP contribution in [0.1, 0.15) is 69.3 Å². The average molecular weight is 637 g/mol. The largest absolute Gasteiger partial charge is 0.497 e. The second-order valence-corrected chi connectivity index (χ2v) is 13.0. The number of benzene rings is 3. The number of ether oxygens (including phenoxy) is 2. The lowest BCUT2D eigenvalue weighted by Gasteiger charge is -2.37. The molecule has 1 saturated heterocycles. The third kappa shape index (κ3) is 6.89. The molecule has 2 heterocycles. The Kier molecular flexibility index (Phi) is 9.86. The molecule has 7 nitrogen and oxygen atoms in total. The number of methoxy groups -OCH3 is 1. The van der Waals surface area contributed by atoms with Crippen LogP contribution in [0.15, 0.2) is 71.7 Å². The van der Waals surface area contributed by atoms with Gasteiger partial charge in [0.05, 0.1) is 31.4 Å². The minimum absolute atomic E-state index is 0.0349. The number of urea groups is 1. The molecule has 3 aromatic carbocycles. The van der Waals surface area contributed by atoms with Crippen LogP contribution in [0.2, 0.25) is 10.0 Å². The number of hydrogen-bond donors (Lipinski definition) is 0.